The van der Waals surface area contributed by atoms with Gasteiger partial charge in [-0.1, -0.05) is 24.3 Å². The van der Waals surface area contributed by atoms with E-state index in [1.54, 1.807) is 24.3 Å². The van der Waals surface area contributed by atoms with E-state index in [0.717, 1.165) is 6.07 Å². The summed E-state index contributed by atoms with van der Waals surface area (Å²) in [5.74, 6) is -0.155. The first kappa shape index (κ1) is 21.7. The second-order valence-electron chi connectivity index (χ2n) is 6.17. The summed E-state index contributed by atoms with van der Waals surface area (Å²) >= 11 is 0. The van der Waals surface area contributed by atoms with Crippen molar-refractivity contribution in [2.24, 2.45) is 5.10 Å². The number of nitrogens with one attached hydrogen (secondary N) is 2. The largest absolute Gasteiger partial charge is 0.495 e. The van der Waals surface area contributed by atoms with Crippen LogP contribution in [0.5, 0.6) is 5.75 Å². The maximum atomic E-state index is 13.2. The van der Waals surface area contributed by atoms with Gasteiger partial charge in [-0.3, -0.25) is 20.3 Å². The molecule has 3 aromatic carbocycles. The molecule has 31 heavy (non-hydrogen) atoms. The van der Waals surface area contributed by atoms with E-state index in [9.17, 15) is 22.9 Å². The smallest absolute Gasteiger partial charge is 0.295 e. The molecule has 0 fully saturated rings. The minimum atomic E-state index is -4.13. The molecular weight excluding hydrogens is 427 g/mol. The third-order valence-electron chi connectivity index (χ3n) is 4.07. The van der Waals surface area contributed by atoms with Gasteiger partial charge >= 0.3 is 0 Å². The van der Waals surface area contributed by atoms with Crippen LogP contribution in [0.3, 0.4) is 0 Å². The highest BCUT2D eigenvalue weighted by atomic mass is 32.2. The van der Waals surface area contributed by atoms with Gasteiger partial charge in [0.05, 0.1) is 28.8 Å². The Morgan fingerprint density at radius 1 is 1.06 bits per heavy atom. The van der Waals surface area contributed by atoms with Crippen molar-refractivity contribution in [1.29, 1.82) is 0 Å². The number of halogens is 1. The van der Waals surface area contributed by atoms with Crippen molar-refractivity contribution in [3.63, 3.8) is 0 Å². The van der Waals surface area contributed by atoms with E-state index in [0.29, 0.717) is 11.3 Å². The average molecular weight is 444 g/mol. The number of benzene rings is 3. The molecule has 3 rings (SSSR count). The van der Waals surface area contributed by atoms with Gasteiger partial charge in [-0.15, -0.1) is 0 Å². The van der Waals surface area contributed by atoms with Crippen LogP contribution >= 0.6 is 0 Å². The zero-order chi connectivity index (χ0) is 22.4. The second kappa shape index (κ2) is 9.22. The van der Waals surface area contributed by atoms with Gasteiger partial charge in [0.15, 0.2) is 0 Å². The molecule has 0 unspecified atom stereocenters. The highest BCUT2D eigenvalue weighted by Gasteiger charge is 2.22. The molecule has 160 valence electrons. The first-order valence-electron chi connectivity index (χ1n) is 8.79. The molecule has 3 aromatic rings. The fourth-order valence-electron chi connectivity index (χ4n) is 2.62. The average Bonchev–Trinajstić information content (AvgIpc) is 2.74. The first-order valence-corrected chi connectivity index (χ1v) is 10.3. The number of sulfonamides is 1. The standard InChI is InChI=1S/C20H17FN4O5S/c1-30-20-8-3-2-7-18(20)24-31(28,29)16-9-10-17(19(12-16)25(26)27)23-22-13-14-5-4-6-15(21)11-14/h2-13,23-24H,1H3. The second-order valence-corrected chi connectivity index (χ2v) is 7.85. The third kappa shape index (κ3) is 5.34. The minimum Gasteiger partial charge on any atom is -0.495 e. The predicted molar refractivity (Wildman–Crippen MR) is 115 cm³/mol. The molecule has 0 atom stereocenters. The number of rotatable bonds is 8. The summed E-state index contributed by atoms with van der Waals surface area (Å²) < 4.78 is 46.1. The lowest BCUT2D eigenvalue weighted by Crippen LogP contribution is -2.14. The van der Waals surface area contributed by atoms with E-state index in [4.69, 9.17) is 4.74 Å². The normalized spacial score (nSPS) is 11.3. The monoisotopic (exact) mass is 444 g/mol. The third-order valence-corrected chi connectivity index (χ3v) is 5.44. The molecule has 0 aliphatic heterocycles. The van der Waals surface area contributed by atoms with Gasteiger partial charge < -0.3 is 4.74 Å². The molecule has 0 bridgehead atoms. The number of para-hydroxylation sites is 2. The van der Waals surface area contributed by atoms with Crippen LogP contribution < -0.4 is 14.9 Å². The summed E-state index contributed by atoms with van der Waals surface area (Å²) in [5, 5.41) is 15.3. The Hall–Kier alpha value is -3.99. The van der Waals surface area contributed by atoms with Crippen molar-refractivity contribution < 1.29 is 22.5 Å². The van der Waals surface area contributed by atoms with Crippen molar-refractivity contribution in [3.05, 3.63) is 88.2 Å². The summed E-state index contributed by atoms with van der Waals surface area (Å²) in [4.78, 5) is 10.4. The van der Waals surface area contributed by atoms with Gasteiger partial charge in [0, 0.05) is 6.07 Å². The van der Waals surface area contributed by atoms with Crippen LogP contribution in [0.15, 0.2) is 76.7 Å². The molecule has 0 saturated heterocycles. The Labute approximate surface area is 177 Å². The molecule has 0 aliphatic rings. The van der Waals surface area contributed by atoms with E-state index in [2.05, 4.69) is 15.2 Å². The van der Waals surface area contributed by atoms with Crippen molar-refractivity contribution in [2.45, 2.75) is 4.90 Å². The summed E-state index contributed by atoms with van der Waals surface area (Å²) in [5.41, 5.74) is 2.57. The van der Waals surface area contributed by atoms with Gasteiger partial charge in [-0.05, 0) is 42.0 Å². The maximum Gasteiger partial charge on any atom is 0.295 e. The molecular formula is C20H17FN4O5S. The topological polar surface area (TPSA) is 123 Å². The number of nitrogens with zero attached hydrogens (tertiary/aromatic N) is 2. The lowest BCUT2D eigenvalue weighted by atomic mass is 10.2. The van der Waals surface area contributed by atoms with Gasteiger partial charge in [0.2, 0.25) is 0 Å². The van der Waals surface area contributed by atoms with E-state index in [1.807, 2.05) is 0 Å². The van der Waals surface area contributed by atoms with Crippen LogP contribution in [-0.2, 0) is 10.0 Å². The number of hydrogen-bond acceptors (Lipinski definition) is 7. The molecule has 0 radical (unpaired) electrons. The van der Waals surface area contributed by atoms with E-state index >= 15 is 0 Å². The van der Waals surface area contributed by atoms with E-state index < -0.39 is 26.5 Å². The Kier molecular flexibility index (Phi) is 6.46. The van der Waals surface area contributed by atoms with Gasteiger partial charge in [-0.25, -0.2) is 12.8 Å². The van der Waals surface area contributed by atoms with Gasteiger partial charge in [-0.2, -0.15) is 5.10 Å². The maximum absolute atomic E-state index is 13.2. The van der Waals surface area contributed by atoms with Gasteiger partial charge in [0.1, 0.15) is 17.3 Å². The number of nitro groups is 1. The van der Waals surface area contributed by atoms with Crippen molar-refractivity contribution in [3.8, 4) is 5.75 Å². The summed E-state index contributed by atoms with van der Waals surface area (Å²) in [6.45, 7) is 0. The van der Waals surface area contributed by atoms with Crippen LogP contribution in [-0.4, -0.2) is 26.7 Å². The van der Waals surface area contributed by atoms with Crippen molar-refractivity contribution in [1.82, 2.24) is 0 Å². The highest BCUT2D eigenvalue weighted by molar-refractivity contribution is 7.92. The quantitative estimate of drug-likeness (QED) is 0.308. The first-order chi connectivity index (χ1) is 14.8. The molecule has 0 aromatic heterocycles. The molecule has 11 heteroatoms. The fourth-order valence-corrected chi connectivity index (χ4v) is 3.71. The minimum absolute atomic E-state index is 0.0334. The SMILES string of the molecule is COc1ccccc1NS(=O)(=O)c1ccc(NN=Cc2cccc(F)c2)c([N+](=O)[O-])c1. The van der Waals surface area contributed by atoms with Crippen molar-refractivity contribution in [2.75, 3.05) is 17.3 Å². The number of nitro benzene ring substituents is 1. The van der Waals surface area contributed by atoms with Crippen LogP contribution in [0.2, 0.25) is 0 Å². The molecule has 9 nitrogen and oxygen atoms in total. The lowest BCUT2D eigenvalue weighted by molar-refractivity contribution is -0.384. The molecule has 0 spiro atoms. The molecule has 0 amide bonds. The highest BCUT2D eigenvalue weighted by Crippen LogP contribution is 2.30. The summed E-state index contributed by atoms with van der Waals surface area (Å²) in [7, 11) is -2.74. The van der Waals surface area contributed by atoms with Crippen LogP contribution in [0.1, 0.15) is 5.56 Å². The Balaban J connectivity index is 1.86. The van der Waals surface area contributed by atoms with Crippen LogP contribution in [0, 0.1) is 15.9 Å². The zero-order valence-corrected chi connectivity index (χ0v) is 17.0. The number of methoxy groups -OCH3 is 1. The van der Waals surface area contributed by atoms with Crippen LogP contribution in [0.4, 0.5) is 21.5 Å². The Bertz CT molecular complexity index is 1250. The molecule has 0 heterocycles. The van der Waals surface area contributed by atoms with Gasteiger partial charge in [0.25, 0.3) is 15.7 Å². The summed E-state index contributed by atoms with van der Waals surface area (Å²) in [6.07, 6.45) is 1.28. The Morgan fingerprint density at radius 3 is 2.55 bits per heavy atom. The lowest BCUT2D eigenvalue weighted by Gasteiger charge is -2.12. The number of ether oxygens (including phenoxy) is 1. The number of anilines is 2. The zero-order valence-electron chi connectivity index (χ0n) is 16.2. The molecule has 2 N–H and O–H groups in total. The fraction of sp³-hybridized carbons (Fsp3) is 0.0500. The van der Waals surface area contributed by atoms with Crippen LogP contribution in [0.25, 0.3) is 0 Å². The van der Waals surface area contributed by atoms with E-state index in [-0.39, 0.29) is 16.3 Å². The predicted octanol–water partition coefficient (Wildman–Crippen LogP) is 3.99. The number of hydrazone groups is 1. The molecule has 0 aliphatic carbocycles. The van der Waals surface area contributed by atoms with Crippen molar-refractivity contribution >= 4 is 33.3 Å². The Morgan fingerprint density at radius 2 is 1.84 bits per heavy atom. The molecule has 0 saturated carbocycles. The van der Waals surface area contributed by atoms with E-state index in [1.165, 1.54) is 49.7 Å². The number of hydrogen-bond donors (Lipinski definition) is 2. The summed E-state index contributed by atoms with van der Waals surface area (Å²) in [6, 6.07) is 15.3.